The van der Waals surface area contributed by atoms with Gasteiger partial charge in [-0.1, -0.05) is 30.3 Å². The van der Waals surface area contributed by atoms with Crippen molar-refractivity contribution in [3.63, 3.8) is 0 Å². The predicted octanol–water partition coefficient (Wildman–Crippen LogP) is 5.43. The first-order valence-electron chi connectivity index (χ1n) is 11.7. The Kier molecular flexibility index (Phi) is 6.04. The summed E-state index contributed by atoms with van der Waals surface area (Å²) in [5, 5.41) is 20.1. The highest BCUT2D eigenvalue weighted by molar-refractivity contribution is 5.48. The average Bonchev–Trinajstić information content (AvgIpc) is 3.32. The summed E-state index contributed by atoms with van der Waals surface area (Å²) in [7, 11) is 0. The van der Waals surface area contributed by atoms with Gasteiger partial charge in [-0.25, -0.2) is 0 Å². The van der Waals surface area contributed by atoms with Crippen molar-refractivity contribution in [2.24, 2.45) is 0 Å². The van der Waals surface area contributed by atoms with E-state index >= 15 is 0 Å². The van der Waals surface area contributed by atoms with E-state index in [0.29, 0.717) is 11.5 Å². The minimum Gasteiger partial charge on any atom is -0.508 e. The van der Waals surface area contributed by atoms with Gasteiger partial charge in [0, 0.05) is 12.5 Å². The van der Waals surface area contributed by atoms with Crippen LogP contribution in [0.25, 0.3) is 0 Å². The number of hydrogen-bond donors (Lipinski definition) is 2. The Hall–Kier alpha value is -2.98. The molecule has 0 saturated carbocycles. The van der Waals surface area contributed by atoms with Gasteiger partial charge >= 0.3 is 0 Å². The van der Waals surface area contributed by atoms with Gasteiger partial charge in [0.25, 0.3) is 0 Å². The maximum absolute atomic E-state index is 10.1. The van der Waals surface area contributed by atoms with Gasteiger partial charge in [-0.05, 0) is 103 Å². The van der Waals surface area contributed by atoms with Crippen LogP contribution in [0, 0.1) is 0 Å². The number of benzene rings is 3. The summed E-state index contributed by atoms with van der Waals surface area (Å²) in [4.78, 5) is 2.46. The lowest BCUT2D eigenvalue weighted by Gasteiger charge is -2.35. The maximum Gasteiger partial charge on any atom is 0.119 e. The second-order valence-electron chi connectivity index (χ2n) is 9.07. The van der Waals surface area contributed by atoms with E-state index in [-0.39, 0.29) is 11.8 Å². The van der Waals surface area contributed by atoms with Crippen molar-refractivity contribution in [1.29, 1.82) is 0 Å². The fourth-order valence-corrected chi connectivity index (χ4v) is 5.40. The van der Waals surface area contributed by atoms with Gasteiger partial charge in [0.05, 0.1) is 0 Å². The summed E-state index contributed by atoms with van der Waals surface area (Å²) < 4.78 is 6.01. The molecule has 0 unspecified atom stereocenters. The summed E-state index contributed by atoms with van der Waals surface area (Å²) in [6.45, 7) is 4.09. The Morgan fingerprint density at radius 2 is 1.62 bits per heavy atom. The number of phenolic OH excluding ortho intramolecular Hbond substituents is 2. The Labute approximate surface area is 190 Å². The van der Waals surface area contributed by atoms with E-state index in [4.69, 9.17) is 4.74 Å². The molecule has 1 heterocycles. The molecule has 0 spiro atoms. The molecule has 3 aromatic carbocycles. The number of nitrogens with zero attached hydrogens (tertiary/aromatic N) is 1. The molecule has 1 aliphatic carbocycles. The van der Waals surface area contributed by atoms with E-state index in [1.807, 2.05) is 18.2 Å². The highest BCUT2D eigenvalue weighted by atomic mass is 16.5. The predicted molar refractivity (Wildman–Crippen MR) is 127 cm³/mol. The van der Waals surface area contributed by atoms with Crippen molar-refractivity contribution < 1.29 is 14.9 Å². The molecule has 1 fully saturated rings. The molecule has 2 atom stereocenters. The second-order valence-corrected chi connectivity index (χ2v) is 9.07. The number of ether oxygens (including phenoxy) is 1. The van der Waals surface area contributed by atoms with E-state index in [9.17, 15) is 10.2 Å². The summed E-state index contributed by atoms with van der Waals surface area (Å²) >= 11 is 0. The number of aryl methyl sites for hydroxylation is 1. The van der Waals surface area contributed by atoms with Crippen molar-refractivity contribution in [2.75, 3.05) is 26.2 Å². The van der Waals surface area contributed by atoms with Gasteiger partial charge in [0.15, 0.2) is 0 Å². The lowest BCUT2D eigenvalue weighted by molar-refractivity contribution is 0.237. The lowest BCUT2D eigenvalue weighted by Crippen LogP contribution is -2.25. The summed E-state index contributed by atoms with van der Waals surface area (Å²) in [6.07, 6.45) is 4.49. The molecule has 166 valence electrons. The molecule has 2 N–H and O–H groups in total. The van der Waals surface area contributed by atoms with E-state index in [2.05, 4.69) is 41.3 Å². The molecule has 3 aromatic rings. The molecule has 1 saturated heterocycles. The molecule has 4 nitrogen and oxygen atoms in total. The third-order valence-corrected chi connectivity index (χ3v) is 7.00. The Balaban J connectivity index is 1.40. The largest absolute Gasteiger partial charge is 0.508 e. The average molecular weight is 430 g/mol. The third kappa shape index (κ3) is 4.46. The molecule has 0 amide bonds. The van der Waals surface area contributed by atoms with Crippen LogP contribution in [-0.4, -0.2) is 41.4 Å². The highest BCUT2D eigenvalue weighted by Gasteiger charge is 2.32. The first kappa shape index (κ1) is 20.9. The quantitative estimate of drug-likeness (QED) is 0.548. The van der Waals surface area contributed by atoms with Crippen LogP contribution >= 0.6 is 0 Å². The normalized spacial score (nSPS) is 20.8. The fraction of sp³-hybridized carbons (Fsp3) is 0.357. The zero-order valence-electron chi connectivity index (χ0n) is 18.4. The van der Waals surface area contributed by atoms with Gasteiger partial charge in [0.2, 0.25) is 0 Å². The molecule has 0 bridgehead atoms. The van der Waals surface area contributed by atoms with Crippen molar-refractivity contribution >= 4 is 0 Å². The van der Waals surface area contributed by atoms with Crippen molar-refractivity contribution in [2.45, 2.75) is 37.5 Å². The van der Waals surface area contributed by atoms with Crippen LogP contribution in [-0.2, 0) is 6.42 Å². The number of hydrogen-bond acceptors (Lipinski definition) is 4. The monoisotopic (exact) mass is 429 g/mol. The first-order chi connectivity index (χ1) is 15.7. The standard InChI is InChI=1S/C28H31NO3/c30-23-5-3-4-21(18-23)26-12-8-22-19-24(31)9-13-27(22)28(26)20-6-10-25(11-7-20)32-17-16-29-14-1-2-15-29/h3-7,9-11,13,18-19,26,28,30-31H,1-2,8,12,14-17H2/t26-,28+/m1/s1. The molecule has 1 aliphatic heterocycles. The second kappa shape index (κ2) is 9.25. The highest BCUT2D eigenvalue weighted by Crippen LogP contribution is 2.47. The zero-order chi connectivity index (χ0) is 21.9. The molecule has 0 aromatic heterocycles. The number of likely N-dealkylation sites (tertiary alicyclic amines) is 1. The SMILES string of the molecule is Oc1cccc([C@H]2CCc3cc(O)ccc3[C@H]2c2ccc(OCCN3CCCC3)cc2)c1. The van der Waals surface area contributed by atoms with Crippen LogP contribution in [0.2, 0.25) is 0 Å². The molecular weight excluding hydrogens is 398 g/mol. The molecule has 4 heteroatoms. The van der Waals surface area contributed by atoms with E-state index in [1.165, 1.54) is 42.6 Å². The van der Waals surface area contributed by atoms with Crippen LogP contribution in [0.5, 0.6) is 17.2 Å². The van der Waals surface area contributed by atoms with E-state index < -0.39 is 0 Å². The molecular formula is C28H31NO3. The van der Waals surface area contributed by atoms with Gasteiger partial charge in [0.1, 0.15) is 23.9 Å². The van der Waals surface area contributed by atoms with Crippen LogP contribution in [0.15, 0.2) is 66.7 Å². The summed E-state index contributed by atoms with van der Waals surface area (Å²) in [5.41, 5.74) is 4.85. The van der Waals surface area contributed by atoms with Crippen LogP contribution in [0.1, 0.15) is 53.4 Å². The fourth-order valence-electron chi connectivity index (χ4n) is 5.40. The van der Waals surface area contributed by atoms with Gasteiger partial charge in [-0.15, -0.1) is 0 Å². The van der Waals surface area contributed by atoms with Crippen molar-refractivity contribution in [3.8, 4) is 17.2 Å². The minimum absolute atomic E-state index is 0.166. The maximum atomic E-state index is 10.1. The van der Waals surface area contributed by atoms with Crippen LogP contribution in [0.4, 0.5) is 0 Å². The Morgan fingerprint density at radius 1 is 0.844 bits per heavy atom. The molecule has 2 aliphatic rings. The van der Waals surface area contributed by atoms with Gasteiger partial charge in [-0.3, -0.25) is 4.90 Å². The first-order valence-corrected chi connectivity index (χ1v) is 11.7. The molecule has 32 heavy (non-hydrogen) atoms. The number of aromatic hydroxyl groups is 2. The minimum atomic E-state index is 0.166. The topological polar surface area (TPSA) is 52.9 Å². The smallest absolute Gasteiger partial charge is 0.119 e. The van der Waals surface area contributed by atoms with E-state index in [0.717, 1.165) is 37.3 Å². The Bertz CT molecular complexity index is 1060. The van der Waals surface area contributed by atoms with Crippen LogP contribution in [0.3, 0.4) is 0 Å². The molecule has 0 radical (unpaired) electrons. The van der Waals surface area contributed by atoms with E-state index in [1.54, 1.807) is 12.1 Å². The van der Waals surface area contributed by atoms with Crippen LogP contribution < -0.4 is 4.74 Å². The van der Waals surface area contributed by atoms with Crippen molar-refractivity contribution in [1.82, 2.24) is 4.90 Å². The lowest BCUT2D eigenvalue weighted by atomic mass is 9.69. The number of phenols is 2. The zero-order valence-corrected chi connectivity index (χ0v) is 18.4. The van der Waals surface area contributed by atoms with Crippen molar-refractivity contribution in [3.05, 3.63) is 89.0 Å². The number of rotatable bonds is 6. The summed E-state index contributed by atoms with van der Waals surface area (Å²) in [6, 6.07) is 21.9. The summed E-state index contributed by atoms with van der Waals surface area (Å²) in [5.74, 6) is 1.96. The Morgan fingerprint density at radius 3 is 2.41 bits per heavy atom. The number of fused-ring (bicyclic) bond motifs is 1. The van der Waals surface area contributed by atoms with Gasteiger partial charge in [-0.2, -0.15) is 0 Å². The molecule has 5 rings (SSSR count). The van der Waals surface area contributed by atoms with Gasteiger partial charge < -0.3 is 14.9 Å². The third-order valence-electron chi connectivity index (χ3n) is 7.00.